The summed E-state index contributed by atoms with van der Waals surface area (Å²) in [6.07, 6.45) is 4.31. The Morgan fingerprint density at radius 3 is 3.10 bits per heavy atom. The summed E-state index contributed by atoms with van der Waals surface area (Å²) >= 11 is 1.37. The Bertz CT molecular complexity index is 519. The smallest absolute Gasteiger partial charge is 0.311 e. The lowest BCUT2D eigenvalue weighted by atomic mass is 9.81. The molecule has 7 heteroatoms. The van der Waals surface area contributed by atoms with Crippen LogP contribution in [0.25, 0.3) is 0 Å². The van der Waals surface area contributed by atoms with E-state index in [-0.39, 0.29) is 18.4 Å². The number of carbonyl (C=O) groups is 2. The molecule has 2 N–H and O–H groups in total. The Morgan fingerprint density at radius 2 is 2.45 bits per heavy atom. The number of likely N-dealkylation sites (tertiary alicyclic amines) is 1. The fourth-order valence-corrected chi connectivity index (χ4v) is 4.06. The molecular weight excluding hydrogens is 278 g/mol. The van der Waals surface area contributed by atoms with Gasteiger partial charge in [-0.1, -0.05) is 6.42 Å². The van der Waals surface area contributed by atoms with E-state index >= 15 is 0 Å². The van der Waals surface area contributed by atoms with Gasteiger partial charge in [-0.25, -0.2) is 4.98 Å². The molecule has 1 saturated heterocycles. The van der Waals surface area contributed by atoms with Crippen LogP contribution >= 0.6 is 11.3 Å². The molecule has 108 valence electrons. The Morgan fingerprint density at radius 1 is 1.60 bits per heavy atom. The summed E-state index contributed by atoms with van der Waals surface area (Å²) in [5.74, 6) is -0.643. The van der Waals surface area contributed by atoms with E-state index in [0.29, 0.717) is 18.2 Å². The molecule has 0 radical (unpaired) electrons. The fourth-order valence-electron chi connectivity index (χ4n) is 3.51. The summed E-state index contributed by atoms with van der Waals surface area (Å²) in [5, 5.41) is 14.6. The number of aliphatic carboxylic acids is 1. The monoisotopic (exact) mass is 295 g/mol. The topological polar surface area (TPSA) is 82.5 Å². The van der Waals surface area contributed by atoms with Crippen molar-refractivity contribution in [3.63, 3.8) is 0 Å². The Balaban J connectivity index is 1.60. The molecule has 1 aliphatic heterocycles. The largest absolute Gasteiger partial charge is 0.481 e. The number of hydrogen-bond acceptors (Lipinski definition) is 5. The zero-order valence-electron chi connectivity index (χ0n) is 11.0. The van der Waals surface area contributed by atoms with Gasteiger partial charge in [-0.3, -0.25) is 14.5 Å². The molecule has 0 unspecified atom stereocenters. The van der Waals surface area contributed by atoms with Crippen molar-refractivity contribution in [2.24, 2.45) is 11.3 Å². The second kappa shape index (κ2) is 5.14. The minimum atomic E-state index is -0.706. The molecule has 6 nitrogen and oxygen atoms in total. The highest BCUT2D eigenvalue weighted by atomic mass is 32.1. The van der Waals surface area contributed by atoms with E-state index in [2.05, 4.69) is 10.3 Å². The van der Waals surface area contributed by atoms with Crippen molar-refractivity contribution in [3.8, 4) is 0 Å². The standard InChI is InChI=1S/C13H17N3O3S/c17-10(15-12-14-4-5-20-12)7-16-6-9-2-1-3-13(9,8-16)11(18)19/h4-5,9H,1-3,6-8H2,(H,18,19)(H,14,15,17)/t9-,13+/m0/s1. The summed E-state index contributed by atoms with van der Waals surface area (Å²) < 4.78 is 0. The van der Waals surface area contributed by atoms with Crippen molar-refractivity contribution < 1.29 is 14.7 Å². The number of nitrogens with one attached hydrogen (secondary N) is 1. The Kier molecular flexibility index (Phi) is 3.47. The number of carbonyl (C=O) groups excluding carboxylic acids is 1. The van der Waals surface area contributed by atoms with Crippen molar-refractivity contribution in [3.05, 3.63) is 11.6 Å². The third-order valence-electron chi connectivity index (χ3n) is 4.41. The number of hydrogen-bond donors (Lipinski definition) is 2. The van der Waals surface area contributed by atoms with Crippen molar-refractivity contribution in [2.75, 3.05) is 25.0 Å². The molecule has 20 heavy (non-hydrogen) atoms. The first-order chi connectivity index (χ1) is 9.60. The van der Waals surface area contributed by atoms with Gasteiger partial charge in [0.15, 0.2) is 5.13 Å². The molecule has 1 aromatic heterocycles. The maximum absolute atomic E-state index is 11.9. The normalized spacial score (nSPS) is 29.3. The maximum atomic E-state index is 11.9. The van der Waals surface area contributed by atoms with Gasteiger partial charge >= 0.3 is 5.97 Å². The molecular formula is C13H17N3O3S. The van der Waals surface area contributed by atoms with Crippen LogP contribution in [0, 0.1) is 11.3 Å². The molecule has 2 heterocycles. The van der Waals surface area contributed by atoms with Crippen LogP contribution in [0.15, 0.2) is 11.6 Å². The van der Waals surface area contributed by atoms with Gasteiger partial charge in [0.2, 0.25) is 5.91 Å². The van der Waals surface area contributed by atoms with Gasteiger partial charge in [0, 0.05) is 24.7 Å². The molecule has 2 fully saturated rings. The van der Waals surface area contributed by atoms with Crippen LogP contribution in [0.4, 0.5) is 5.13 Å². The molecule has 0 bridgehead atoms. The average molecular weight is 295 g/mol. The number of anilines is 1. The minimum absolute atomic E-state index is 0.125. The quantitative estimate of drug-likeness (QED) is 0.874. The van der Waals surface area contributed by atoms with Crippen molar-refractivity contribution in [1.82, 2.24) is 9.88 Å². The maximum Gasteiger partial charge on any atom is 0.311 e. The van der Waals surface area contributed by atoms with Gasteiger partial charge in [0.1, 0.15) is 0 Å². The number of thiazole rings is 1. The van der Waals surface area contributed by atoms with Gasteiger partial charge in [-0.05, 0) is 18.8 Å². The van der Waals surface area contributed by atoms with E-state index in [1.165, 1.54) is 11.3 Å². The number of carboxylic acids is 1. The SMILES string of the molecule is O=C(CN1C[C@@H]2CCC[C@@]2(C(=O)O)C1)Nc1nccs1. The second-order valence-electron chi connectivity index (χ2n) is 5.61. The number of amides is 1. The number of nitrogens with zero attached hydrogens (tertiary/aromatic N) is 2. The predicted octanol–water partition coefficient (Wildman–Crippen LogP) is 1.27. The van der Waals surface area contributed by atoms with E-state index in [1.807, 2.05) is 4.90 Å². The van der Waals surface area contributed by atoms with Crippen molar-refractivity contribution in [1.29, 1.82) is 0 Å². The zero-order chi connectivity index (χ0) is 14.2. The van der Waals surface area contributed by atoms with E-state index < -0.39 is 11.4 Å². The molecule has 1 aromatic rings. The highest BCUT2D eigenvalue weighted by Gasteiger charge is 2.54. The van der Waals surface area contributed by atoms with E-state index in [0.717, 1.165) is 19.3 Å². The van der Waals surface area contributed by atoms with Gasteiger partial charge in [0.25, 0.3) is 0 Å². The van der Waals surface area contributed by atoms with Gasteiger partial charge in [-0.2, -0.15) is 0 Å². The number of fused-ring (bicyclic) bond motifs is 1. The van der Waals surface area contributed by atoms with Crippen LogP contribution in [0.2, 0.25) is 0 Å². The second-order valence-corrected chi connectivity index (χ2v) is 6.50. The average Bonchev–Trinajstić information content (AvgIpc) is 3.03. The summed E-state index contributed by atoms with van der Waals surface area (Å²) in [4.78, 5) is 29.4. The molecule has 2 atom stereocenters. The molecule has 1 saturated carbocycles. The first kappa shape index (κ1) is 13.5. The summed E-state index contributed by atoms with van der Waals surface area (Å²) in [5.41, 5.74) is -0.624. The zero-order valence-corrected chi connectivity index (χ0v) is 11.9. The van der Waals surface area contributed by atoms with Gasteiger partial charge in [0.05, 0.1) is 12.0 Å². The fraction of sp³-hybridized carbons (Fsp3) is 0.615. The Labute approximate surface area is 120 Å². The number of carboxylic acid groups (broad SMARTS) is 1. The summed E-state index contributed by atoms with van der Waals surface area (Å²) in [6, 6.07) is 0. The molecule has 1 aliphatic carbocycles. The Hall–Kier alpha value is -1.47. The van der Waals surface area contributed by atoms with Crippen LogP contribution in [0.3, 0.4) is 0 Å². The predicted molar refractivity (Wildman–Crippen MR) is 74.6 cm³/mol. The molecule has 3 rings (SSSR count). The highest BCUT2D eigenvalue weighted by Crippen LogP contribution is 2.48. The summed E-state index contributed by atoms with van der Waals surface area (Å²) in [6.45, 7) is 1.43. The van der Waals surface area contributed by atoms with Crippen LogP contribution in [0.1, 0.15) is 19.3 Å². The third kappa shape index (κ3) is 2.31. The first-order valence-corrected chi connectivity index (χ1v) is 7.63. The van der Waals surface area contributed by atoms with E-state index in [9.17, 15) is 14.7 Å². The first-order valence-electron chi connectivity index (χ1n) is 6.75. The van der Waals surface area contributed by atoms with Crippen LogP contribution in [-0.4, -0.2) is 46.5 Å². The van der Waals surface area contributed by atoms with Crippen LogP contribution < -0.4 is 5.32 Å². The third-order valence-corrected chi connectivity index (χ3v) is 5.10. The minimum Gasteiger partial charge on any atom is -0.481 e. The summed E-state index contributed by atoms with van der Waals surface area (Å²) in [7, 11) is 0. The van der Waals surface area contributed by atoms with E-state index in [4.69, 9.17) is 0 Å². The lowest BCUT2D eigenvalue weighted by molar-refractivity contribution is -0.149. The van der Waals surface area contributed by atoms with Gasteiger partial charge < -0.3 is 10.4 Å². The van der Waals surface area contributed by atoms with E-state index in [1.54, 1.807) is 11.6 Å². The molecule has 0 aromatic carbocycles. The number of rotatable bonds is 4. The lowest BCUT2D eigenvalue weighted by Crippen LogP contribution is -2.37. The van der Waals surface area contributed by atoms with Crippen molar-refractivity contribution in [2.45, 2.75) is 19.3 Å². The molecule has 1 amide bonds. The lowest BCUT2D eigenvalue weighted by Gasteiger charge is -2.23. The van der Waals surface area contributed by atoms with Gasteiger partial charge in [-0.15, -0.1) is 11.3 Å². The molecule has 2 aliphatic rings. The number of aromatic nitrogens is 1. The molecule has 0 spiro atoms. The highest BCUT2D eigenvalue weighted by molar-refractivity contribution is 7.13. The van der Waals surface area contributed by atoms with Crippen LogP contribution in [0.5, 0.6) is 0 Å². The van der Waals surface area contributed by atoms with Crippen molar-refractivity contribution >= 4 is 28.3 Å². The van der Waals surface area contributed by atoms with Crippen LogP contribution in [-0.2, 0) is 9.59 Å².